The second-order valence-electron chi connectivity index (χ2n) is 5.62. The number of aromatic nitrogens is 1. The molecule has 0 aliphatic carbocycles. The summed E-state index contributed by atoms with van der Waals surface area (Å²) in [6.45, 7) is 0.673. The molecule has 0 saturated carbocycles. The van der Waals surface area contributed by atoms with E-state index in [4.69, 9.17) is 14.2 Å². The van der Waals surface area contributed by atoms with Gasteiger partial charge in [-0.3, -0.25) is 0 Å². The molecule has 1 aromatic carbocycles. The summed E-state index contributed by atoms with van der Waals surface area (Å²) in [5.41, 5.74) is 1.06. The van der Waals surface area contributed by atoms with Crippen molar-refractivity contribution in [3.63, 3.8) is 0 Å². The van der Waals surface area contributed by atoms with Gasteiger partial charge >= 0.3 is 0 Å². The Kier molecular flexibility index (Phi) is 6.49. The minimum atomic E-state index is 0.160. The number of hydrogen-bond acceptors (Lipinski definition) is 7. The van der Waals surface area contributed by atoms with Gasteiger partial charge < -0.3 is 19.5 Å². The summed E-state index contributed by atoms with van der Waals surface area (Å²) in [5, 5.41) is 8.82. The quantitative estimate of drug-likeness (QED) is 0.590. The highest BCUT2D eigenvalue weighted by molar-refractivity contribution is 7.10. The van der Waals surface area contributed by atoms with E-state index in [1.54, 1.807) is 44.0 Å². The Morgan fingerprint density at radius 2 is 1.81 bits per heavy atom. The summed E-state index contributed by atoms with van der Waals surface area (Å²) >= 11 is 3.44. The van der Waals surface area contributed by atoms with Crippen LogP contribution in [-0.2, 0) is 13.0 Å². The first-order valence-corrected chi connectivity index (χ1v) is 9.95. The van der Waals surface area contributed by atoms with Crippen LogP contribution in [0.1, 0.15) is 21.5 Å². The molecule has 0 aliphatic heterocycles. The van der Waals surface area contributed by atoms with E-state index >= 15 is 0 Å². The minimum absolute atomic E-state index is 0.160. The van der Waals surface area contributed by atoms with Crippen molar-refractivity contribution in [1.82, 2.24) is 10.3 Å². The first kappa shape index (κ1) is 18.7. The van der Waals surface area contributed by atoms with Crippen molar-refractivity contribution in [2.45, 2.75) is 19.0 Å². The van der Waals surface area contributed by atoms with E-state index in [-0.39, 0.29) is 6.04 Å². The third kappa shape index (κ3) is 4.35. The highest BCUT2D eigenvalue weighted by Gasteiger charge is 2.17. The van der Waals surface area contributed by atoms with Gasteiger partial charge in [0.15, 0.2) is 11.5 Å². The number of benzene rings is 1. The van der Waals surface area contributed by atoms with Crippen molar-refractivity contribution >= 4 is 22.7 Å². The molecular formula is C19H22N2O3S2. The third-order valence-corrected chi connectivity index (χ3v) is 5.80. The van der Waals surface area contributed by atoms with E-state index in [9.17, 15) is 0 Å². The zero-order valence-electron chi connectivity index (χ0n) is 15.0. The maximum Gasteiger partial charge on any atom is 0.203 e. The number of rotatable bonds is 9. The van der Waals surface area contributed by atoms with Gasteiger partial charge in [0.05, 0.1) is 27.4 Å². The van der Waals surface area contributed by atoms with Gasteiger partial charge in [0.2, 0.25) is 5.75 Å². The van der Waals surface area contributed by atoms with Gasteiger partial charge in [-0.1, -0.05) is 6.07 Å². The largest absolute Gasteiger partial charge is 0.493 e. The first-order chi connectivity index (χ1) is 12.7. The van der Waals surface area contributed by atoms with Crippen LogP contribution < -0.4 is 19.5 Å². The average Bonchev–Trinajstić information content (AvgIpc) is 3.37. The van der Waals surface area contributed by atoms with Crippen LogP contribution in [0.5, 0.6) is 17.2 Å². The fourth-order valence-electron chi connectivity index (χ4n) is 2.76. The fourth-order valence-corrected chi connectivity index (χ4v) is 4.23. The van der Waals surface area contributed by atoms with E-state index in [1.807, 2.05) is 23.7 Å². The predicted octanol–water partition coefficient (Wildman–Crippen LogP) is 4.30. The molecule has 0 spiro atoms. The van der Waals surface area contributed by atoms with Crippen LogP contribution in [0.15, 0.2) is 41.2 Å². The molecule has 3 rings (SSSR count). The smallest absolute Gasteiger partial charge is 0.203 e. The monoisotopic (exact) mass is 390 g/mol. The lowest BCUT2D eigenvalue weighted by Gasteiger charge is -2.18. The molecule has 0 amide bonds. The van der Waals surface area contributed by atoms with Crippen molar-refractivity contribution in [2.75, 3.05) is 21.3 Å². The SMILES string of the molecule is COc1cc(CN[C@H](Cc2cccs2)c2nccs2)cc(OC)c1OC. The lowest BCUT2D eigenvalue weighted by Crippen LogP contribution is -2.22. The van der Waals surface area contributed by atoms with Gasteiger partial charge in [0.25, 0.3) is 0 Å². The summed E-state index contributed by atoms with van der Waals surface area (Å²) in [5.74, 6) is 1.93. The van der Waals surface area contributed by atoms with Crippen LogP contribution in [0.25, 0.3) is 0 Å². The zero-order valence-corrected chi connectivity index (χ0v) is 16.7. The number of methoxy groups -OCH3 is 3. The van der Waals surface area contributed by atoms with E-state index in [0.717, 1.165) is 17.0 Å². The van der Waals surface area contributed by atoms with Gasteiger partial charge in [-0.2, -0.15) is 0 Å². The summed E-state index contributed by atoms with van der Waals surface area (Å²) in [6.07, 6.45) is 2.76. The molecule has 0 radical (unpaired) electrons. The fraction of sp³-hybridized carbons (Fsp3) is 0.316. The molecule has 1 N–H and O–H groups in total. The molecule has 0 fully saturated rings. The molecule has 5 nitrogen and oxygen atoms in total. The second-order valence-corrected chi connectivity index (χ2v) is 7.58. The van der Waals surface area contributed by atoms with Crippen LogP contribution in [0.2, 0.25) is 0 Å². The number of nitrogens with one attached hydrogen (secondary N) is 1. The molecule has 0 unspecified atom stereocenters. The number of thiazole rings is 1. The van der Waals surface area contributed by atoms with Crippen molar-refractivity contribution in [3.05, 3.63) is 56.7 Å². The topological polar surface area (TPSA) is 52.6 Å². The molecule has 138 valence electrons. The molecule has 2 aromatic heterocycles. The van der Waals surface area contributed by atoms with Gasteiger partial charge in [-0.15, -0.1) is 22.7 Å². The van der Waals surface area contributed by atoms with E-state index in [0.29, 0.717) is 23.8 Å². The first-order valence-electron chi connectivity index (χ1n) is 8.19. The van der Waals surface area contributed by atoms with Crippen LogP contribution >= 0.6 is 22.7 Å². The zero-order chi connectivity index (χ0) is 18.4. The lowest BCUT2D eigenvalue weighted by molar-refractivity contribution is 0.323. The van der Waals surface area contributed by atoms with Crippen molar-refractivity contribution in [3.8, 4) is 17.2 Å². The number of thiophene rings is 1. The van der Waals surface area contributed by atoms with Gasteiger partial charge in [-0.25, -0.2) is 4.98 Å². The van der Waals surface area contributed by atoms with Crippen molar-refractivity contribution in [1.29, 1.82) is 0 Å². The van der Waals surface area contributed by atoms with E-state index < -0.39 is 0 Å². The molecule has 0 bridgehead atoms. The van der Waals surface area contributed by atoms with Crippen LogP contribution in [0, 0.1) is 0 Å². The van der Waals surface area contributed by atoms with Gasteiger partial charge in [0, 0.05) is 29.4 Å². The lowest BCUT2D eigenvalue weighted by atomic mass is 10.1. The number of ether oxygens (including phenoxy) is 3. The molecule has 0 aliphatic rings. The Bertz CT molecular complexity index is 779. The van der Waals surface area contributed by atoms with Gasteiger partial charge in [-0.05, 0) is 29.1 Å². The molecule has 26 heavy (non-hydrogen) atoms. The Morgan fingerprint density at radius 3 is 2.35 bits per heavy atom. The Labute approximate surface area is 161 Å². The maximum atomic E-state index is 5.44. The molecule has 1 atom stereocenters. The molecule has 7 heteroatoms. The number of hydrogen-bond donors (Lipinski definition) is 1. The summed E-state index contributed by atoms with van der Waals surface area (Å²) in [7, 11) is 4.87. The minimum Gasteiger partial charge on any atom is -0.493 e. The highest BCUT2D eigenvalue weighted by Crippen LogP contribution is 2.38. The summed E-state index contributed by atoms with van der Waals surface area (Å²) in [6, 6.07) is 8.34. The number of nitrogens with zero attached hydrogens (tertiary/aromatic N) is 1. The molecule has 0 saturated heterocycles. The highest BCUT2D eigenvalue weighted by atomic mass is 32.1. The van der Waals surface area contributed by atoms with Crippen molar-refractivity contribution < 1.29 is 14.2 Å². The Morgan fingerprint density at radius 1 is 1.04 bits per heavy atom. The molecule has 3 aromatic rings. The van der Waals surface area contributed by atoms with Crippen molar-refractivity contribution in [2.24, 2.45) is 0 Å². The van der Waals surface area contributed by atoms with Gasteiger partial charge in [0.1, 0.15) is 5.01 Å². The Hall–Kier alpha value is -2.09. The Balaban J connectivity index is 1.78. The van der Waals surface area contributed by atoms with Crippen LogP contribution in [0.4, 0.5) is 0 Å². The second kappa shape index (κ2) is 9.02. The standard InChI is InChI=1S/C19H22N2O3S2/c1-22-16-9-13(10-17(23-2)18(16)24-3)12-21-15(19-20-6-8-26-19)11-14-5-4-7-25-14/h4-10,15,21H,11-12H2,1-3H3/t15-/m1/s1. The summed E-state index contributed by atoms with van der Waals surface area (Å²) in [4.78, 5) is 5.83. The molecular weight excluding hydrogens is 368 g/mol. The molecule has 2 heterocycles. The maximum absolute atomic E-state index is 5.44. The predicted molar refractivity (Wildman–Crippen MR) is 106 cm³/mol. The van der Waals surface area contributed by atoms with Crippen LogP contribution in [0.3, 0.4) is 0 Å². The normalized spacial score (nSPS) is 12.0. The average molecular weight is 391 g/mol. The van der Waals surface area contributed by atoms with E-state index in [1.165, 1.54) is 4.88 Å². The summed E-state index contributed by atoms with van der Waals surface area (Å²) < 4.78 is 16.3. The third-order valence-electron chi connectivity index (χ3n) is 4.01. The van der Waals surface area contributed by atoms with E-state index in [2.05, 4.69) is 27.8 Å². The van der Waals surface area contributed by atoms with Crippen LogP contribution in [-0.4, -0.2) is 26.3 Å².